The molecule has 0 aromatic carbocycles. The fourth-order valence-corrected chi connectivity index (χ4v) is 4.31. The largest absolute Gasteiger partial charge is 0.268 e. The lowest BCUT2D eigenvalue weighted by Gasteiger charge is -2.30. The molecule has 0 radical (unpaired) electrons. The first-order valence-electron chi connectivity index (χ1n) is 11.6. The molecular weight excluding hydrogens is 412 g/mol. The number of alkyl halides is 1. The standard InChI is InChI=1S/C24H43BrN2O/c1-5-6-7-10-13-20(2)17-19-24(4,22-15-16-23(28)27-26-22)18-12-9-8-11-14-21(3)25/h15-16,20-21H,5-14,17-19H2,1-4H3,(H,27,28). The smallest absolute Gasteiger partial charge is 0.264 e. The van der Waals surface area contributed by atoms with Crippen LogP contribution in [0.1, 0.15) is 117 Å². The van der Waals surface area contributed by atoms with Crippen LogP contribution in [-0.4, -0.2) is 15.0 Å². The van der Waals surface area contributed by atoms with Crippen molar-refractivity contribution in [3.63, 3.8) is 0 Å². The van der Waals surface area contributed by atoms with Crippen LogP contribution in [0.2, 0.25) is 0 Å². The molecular formula is C24H43BrN2O. The third-order valence-corrected chi connectivity index (χ3v) is 6.58. The summed E-state index contributed by atoms with van der Waals surface area (Å²) in [5.41, 5.74) is 1.00. The lowest BCUT2D eigenvalue weighted by molar-refractivity contribution is 0.320. The van der Waals surface area contributed by atoms with Gasteiger partial charge in [-0.05, 0) is 37.7 Å². The van der Waals surface area contributed by atoms with Gasteiger partial charge in [0.05, 0.1) is 5.69 Å². The molecule has 0 amide bonds. The van der Waals surface area contributed by atoms with Gasteiger partial charge < -0.3 is 0 Å². The van der Waals surface area contributed by atoms with E-state index in [2.05, 4.69) is 53.8 Å². The molecule has 3 nitrogen and oxygen atoms in total. The highest BCUT2D eigenvalue weighted by molar-refractivity contribution is 9.09. The molecule has 0 aliphatic heterocycles. The van der Waals surface area contributed by atoms with Crippen molar-refractivity contribution in [3.05, 3.63) is 28.2 Å². The number of H-pyrrole nitrogens is 1. The number of hydrogen-bond donors (Lipinski definition) is 1. The minimum absolute atomic E-state index is 0.0601. The Kier molecular flexibility index (Phi) is 13.0. The highest BCUT2D eigenvalue weighted by Crippen LogP contribution is 2.35. The summed E-state index contributed by atoms with van der Waals surface area (Å²) in [7, 11) is 0. The monoisotopic (exact) mass is 454 g/mol. The Balaban J connectivity index is 2.55. The van der Waals surface area contributed by atoms with Crippen LogP contribution < -0.4 is 5.56 Å². The van der Waals surface area contributed by atoms with Gasteiger partial charge >= 0.3 is 0 Å². The van der Waals surface area contributed by atoms with Crippen LogP contribution in [0, 0.1) is 5.92 Å². The molecule has 3 atom stereocenters. The molecule has 1 rings (SSSR count). The van der Waals surface area contributed by atoms with Gasteiger partial charge in [0.25, 0.3) is 5.56 Å². The Hall–Kier alpha value is -0.640. The SMILES string of the molecule is CCCCCCC(C)CCC(C)(CCCCCCC(C)Br)c1ccc(=O)[nH]n1. The minimum Gasteiger partial charge on any atom is -0.268 e. The average Bonchev–Trinajstić information content (AvgIpc) is 2.66. The van der Waals surface area contributed by atoms with Crippen molar-refractivity contribution >= 4 is 15.9 Å². The maximum atomic E-state index is 11.5. The summed E-state index contributed by atoms with van der Waals surface area (Å²) in [5.74, 6) is 0.763. The summed E-state index contributed by atoms with van der Waals surface area (Å²) in [4.78, 5) is 12.1. The molecule has 0 bridgehead atoms. The van der Waals surface area contributed by atoms with Gasteiger partial charge in [-0.3, -0.25) is 4.79 Å². The van der Waals surface area contributed by atoms with Gasteiger partial charge in [-0.2, -0.15) is 5.10 Å². The van der Waals surface area contributed by atoms with E-state index in [1.54, 1.807) is 6.07 Å². The number of rotatable bonds is 16. The second-order valence-corrected chi connectivity index (χ2v) is 10.7. The molecule has 0 spiro atoms. The summed E-state index contributed by atoms with van der Waals surface area (Å²) < 4.78 is 0. The number of halogens is 1. The summed E-state index contributed by atoms with van der Waals surface area (Å²) in [6.07, 6.45) is 16.6. The van der Waals surface area contributed by atoms with E-state index in [4.69, 9.17) is 0 Å². The van der Waals surface area contributed by atoms with Gasteiger partial charge in [0.1, 0.15) is 0 Å². The number of unbranched alkanes of at least 4 members (excludes halogenated alkanes) is 6. The van der Waals surface area contributed by atoms with Crippen molar-refractivity contribution in [3.8, 4) is 0 Å². The molecule has 1 aromatic heterocycles. The number of aromatic amines is 1. The zero-order valence-electron chi connectivity index (χ0n) is 18.7. The van der Waals surface area contributed by atoms with E-state index >= 15 is 0 Å². The Morgan fingerprint density at radius 3 is 2.29 bits per heavy atom. The van der Waals surface area contributed by atoms with Crippen LogP contribution in [0.15, 0.2) is 16.9 Å². The van der Waals surface area contributed by atoms with E-state index in [0.717, 1.165) is 24.5 Å². The molecule has 28 heavy (non-hydrogen) atoms. The normalized spacial score (nSPS) is 15.9. The summed E-state index contributed by atoms with van der Waals surface area (Å²) in [5, 5.41) is 7.06. The van der Waals surface area contributed by atoms with Gasteiger partial charge in [0, 0.05) is 16.3 Å². The molecule has 0 aliphatic carbocycles. The van der Waals surface area contributed by atoms with Gasteiger partial charge in [0.2, 0.25) is 0 Å². The zero-order chi connectivity index (χ0) is 20.8. The van der Waals surface area contributed by atoms with Crippen LogP contribution in [-0.2, 0) is 5.41 Å². The predicted octanol–water partition coefficient (Wildman–Crippen LogP) is 7.54. The van der Waals surface area contributed by atoms with Crippen molar-refractivity contribution in [2.45, 2.75) is 121 Å². The Morgan fingerprint density at radius 1 is 0.964 bits per heavy atom. The van der Waals surface area contributed by atoms with E-state index in [1.807, 2.05) is 6.07 Å². The molecule has 3 unspecified atom stereocenters. The fraction of sp³-hybridized carbons (Fsp3) is 0.833. The lowest BCUT2D eigenvalue weighted by Crippen LogP contribution is -2.26. The first-order valence-corrected chi connectivity index (χ1v) is 12.5. The van der Waals surface area contributed by atoms with E-state index in [0.29, 0.717) is 4.83 Å². The molecule has 1 aromatic rings. The predicted molar refractivity (Wildman–Crippen MR) is 125 cm³/mol. The quantitative estimate of drug-likeness (QED) is 0.207. The lowest BCUT2D eigenvalue weighted by atomic mass is 9.75. The van der Waals surface area contributed by atoms with Crippen LogP contribution in [0.4, 0.5) is 0 Å². The third-order valence-electron chi connectivity index (χ3n) is 6.12. The minimum atomic E-state index is -0.112. The molecule has 0 fully saturated rings. The zero-order valence-corrected chi connectivity index (χ0v) is 20.3. The number of nitrogens with one attached hydrogen (secondary N) is 1. The molecule has 0 aliphatic rings. The van der Waals surface area contributed by atoms with Crippen molar-refractivity contribution in [2.24, 2.45) is 5.92 Å². The van der Waals surface area contributed by atoms with Gasteiger partial charge in [-0.15, -0.1) is 0 Å². The van der Waals surface area contributed by atoms with Crippen LogP contribution in [0.3, 0.4) is 0 Å². The van der Waals surface area contributed by atoms with Gasteiger partial charge in [-0.25, -0.2) is 5.10 Å². The summed E-state index contributed by atoms with van der Waals surface area (Å²) in [6.45, 7) is 9.24. The van der Waals surface area contributed by atoms with Gasteiger partial charge in [-0.1, -0.05) is 101 Å². The highest BCUT2D eigenvalue weighted by atomic mass is 79.9. The first kappa shape index (κ1) is 25.4. The van der Waals surface area contributed by atoms with Crippen LogP contribution in [0.25, 0.3) is 0 Å². The number of nitrogens with zero attached hydrogens (tertiary/aromatic N) is 1. The second kappa shape index (κ2) is 14.4. The topological polar surface area (TPSA) is 45.8 Å². The van der Waals surface area contributed by atoms with E-state index < -0.39 is 0 Å². The van der Waals surface area contributed by atoms with Crippen molar-refractivity contribution in [1.29, 1.82) is 0 Å². The maximum absolute atomic E-state index is 11.5. The number of aromatic nitrogens is 2. The fourth-order valence-electron chi connectivity index (χ4n) is 3.98. The Bertz CT molecular complexity index is 551. The number of hydrogen-bond acceptors (Lipinski definition) is 2. The van der Waals surface area contributed by atoms with Crippen molar-refractivity contribution in [1.82, 2.24) is 10.2 Å². The van der Waals surface area contributed by atoms with Crippen LogP contribution in [0.5, 0.6) is 0 Å². The van der Waals surface area contributed by atoms with E-state index in [9.17, 15) is 4.79 Å². The third kappa shape index (κ3) is 10.8. The van der Waals surface area contributed by atoms with Gasteiger partial charge in [0.15, 0.2) is 0 Å². The second-order valence-electron chi connectivity index (χ2n) is 9.09. The highest BCUT2D eigenvalue weighted by Gasteiger charge is 2.28. The Labute approximate surface area is 181 Å². The Morgan fingerprint density at radius 2 is 1.64 bits per heavy atom. The average molecular weight is 456 g/mol. The molecule has 0 saturated carbocycles. The molecule has 1 heterocycles. The van der Waals surface area contributed by atoms with Crippen molar-refractivity contribution in [2.75, 3.05) is 0 Å². The van der Waals surface area contributed by atoms with E-state index in [-0.39, 0.29) is 11.0 Å². The van der Waals surface area contributed by atoms with Crippen LogP contribution >= 0.6 is 15.9 Å². The maximum Gasteiger partial charge on any atom is 0.264 e. The molecule has 162 valence electrons. The van der Waals surface area contributed by atoms with Crippen molar-refractivity contribution < 1.29 is 0 Å². The molecule has 1 N–H and O–H groups in total. The summed E-state index contributed by atoms with van der Waals surface area (Å²) in [6, 6.07) is 3.57. The summed E-state index contributed by atoms with van der Waals surface area (Å²) >= 11 is 3.63. The first-order chi connectivity index (χ1) is 13.4. The molecule has 4 heteroatoms. The van der Waals surface area contributed by atoms with E-state index in [1.165, 1.54) is 70.6 Å². The molecule has 0 saturated heterocycles.